The van der Waals surface area contributed by atoms with Crippen molar-refractivity contribution in [3.05, 3.63) is 11.6 Å². The highest BCUT2D eigenvalue weighted by Gasteiger charge is 2.02. The van der Waals surface area contributed by atoms with Crippen molar-refractivity contribution in [3.8, 4) is 0 Å². The highest BCUT2D eigenvalue weighted by molar-refractivity contribution is 5.86. The van der Waals surface area contributed by atoms with Gasteiger partial charge in [0.05, 0.1) is 0 Å². The molecule has 0 aliphatic rings. The van der Waals surface area contributed by atoms with Gasteiger partial charge in [-0.05, 0) is 12.8 Å². The molecule has 0 aromatic heterocycles. The summed E-state index contributed by atoms with van der Waals surface area (Å²) in [6.07, 6.45) is 5.89. The van der Waals surface area contributed by atoms with Gasteiger partial charge in [0.15, 0.2) is 0 Å². The maximum absolute atomic E-state index is 10.4. The Bertz CT molecular complexity index is 164. The van der Waals surface area contributed by atoms with Crippen LogP contribution in [0, 0.1) is 0 Å². The number of nitrogens with two attached hydrogens (primary N) is 1. The minimum atomic E-state index is -0.894. The second-order valence-corrected chi connectivity index (χ2v) is 2.73. The van der Waals surface area contributed by atoms with Crippen molar-refractivity contribution in [1.29, 1.82) is 0 Å². The van der Waals surface area contributed by atoms with E-state index in [-0.39, 0.29) is 6.54 Å². The Hall–Kier alpha value is -0.830. The van der Waals surface area contributed by atoms with Crippen LogP contribution in [0.3, 0.4) is 0 Å². The Morgan fingerprint density at radius 2 is 2.17 bits per heavy atom. The number of carbonyl (C=O) groups is 1. The molecule has 0 atom stereocenters. The molecule has 0 aromatic carbocycles. The van der Waals surface area contributed by atoms with Gasteiger partial charge in [-0.2, -0.15) is 0 Å². The first-order chi connectivity index (χ1) is 5.72. The molecule has 3 N–H and O–H groups in total. The van der Waals surface area contributed by atoms with Crippen molar-refractivity contribution >= 4 is 5.97 Å². The van der Waals surface area contributed by atoms with E-state index in [9.17, 15) is 4.79 Å². The Morgan fingerprint density at radius 3 is 2.58 bits per heavy atom. The molecule has 0 aliphatic heterocycles. The molecule has 0 radical (unpaired) electrons. The van der Waals surface area contributed by atoms with Gasteiger partial charge >= 0.3 is 5.97 Å². The minimum Gasteiger partial charge on any atom is -0.478 e. The van der Waals surface area contributed by atoms with Gasteiger partial charge in [0.2, 0.25) is 0 Å². The SMILES string of the molecule is CCCCCC=C(CN)C(=O)O. The smallest absolute Gasteiger partial charge is 0.332 e. The largest absolute Gasteiger partial charge is 0.478 e. The maximum Gasteiger partial charge on any atom is 0.332 e. The van der Waals surface area contributed by atoms with Crippen LogP contribution < -0.4 is 5.73 Å². The van der Waals surface area contributed by atoms with E-state index < -0.39 is 5.97 Å². The number of unbranched alkanes of at least 4 members (excludes halogenated alkanes) is 3. The maximum atomic E-state index is 10.4. The van der Waals surface area contributed by atoms with Crippen molar-refractivity contribution in [3.63, 3.8) is 0 Å². The first-order valence-corrected chi connectivity index (χ1v) is 4.34. The number of allylic oxidation sites excluding steroid dienone is 1. The number of rotatable bonds is 6. The standard InChI is InChI=1S/C9H17NO2/c1-2-3-4-5-6-8(7-10)9(11)12/h6H,2-5,7,10H2,1H3,(H,11,12). The molecule has 0 spiro atoms. The van der Waals surface area contributed by atoms with Crippen LogP contribution in [0.25, 0.3) is 0 Å². The minimum absolute atomic E-state index is 0.126. The predicted octanol–water partition coefficient (Wildman–Crippen LogP) is 1.54. The van der Waals surface area contributed by atoms with Gasteiger partial charge < -0.3 is 10.8 Å². The number of carboxylic acid groups (broad SMARTS) is 1. The van der Waals surface area contributed by atoms with Crippen molar-refractivity contribution in [2.24, 2.45) is 5.73 Å². The van der Waals surface area contributed by atoms with Gasteiger partial charge in [-0.1, -0.05) is 25.8 Å². The lowest BCUT2D eigenvalue weighted by Gasteiger charge is -1.97. The van der Waals surface area contributed by atoms with Crippen molar-refractivity contribution in [1.82, 2.24) is 0 Å². The molecule has 0 aliphatic carbocycles. The van der Waals surface area contributed by atoms with Crippen LogP contribution in [-0.2, 0) is 4.79 Å². The van der Waals surface area contributed by atoms with Crippen LogP contribution in [-0.4, -0.2) is 17.6 Å². The lowest BCUT2D eigenvalue weighted by Crippen LogP contribution is -2.11. The third kappa shape index (κ3) is 4.91. The summed E-state index contributed by atoms with van der Waals surface area (Å²) in [6, 6.07) is 0. The number of hydrogen-bond donors (Lipinski definition) is 2. The molecule has 0 rings (SSSR count). The van der Waals surface area contributed by atoms with Crippen LogP contribution in [0.15, 0.2) is 11.6 Å². The van der Waals surface area contributed by atoms with E-state index in [0.29, 0.717) is 5.57 Å². The molecule has 0 unspecified atom stereocenters. The molecule has 0 saturated carbocycles. The van der Waals surface area contributed by atoms with Crippen LogP contribution in [0.4, 0.5) is 0 Å². The molecular formula is C9H17NO2. The summed E-state index contributed by atoms with van der Waals surface area (Å²) in [5, 5.41) is 8.58. The topological polar surface area (TPSA) is 63.3 Å². The fourth-order valence-electron chi connectivity index (χ4n) is 0.929. The highest BCUT2D eigenvalue weighted by atomic mass is 16.4. The fraction of sp³-hybridized carbons (Fsp3) is 0.667. The van der Waals surface area contributed by atoms with E-state index in [1.54, 1.807) is 6.08 Å². The first kappa shape index (κ1) is 11.2. The van der Waals surface area contributed by atoms with Crippen LogP contribution in [0.5, 0.6) is 0 Å². The summed E-state index contributed by atoms with van der Waals surface area (Å²) < 4.78 is 0. The van der Waals surface area contributed by atoms with Gasteiger partial charge in [0, 0.05) is 12.1 Å². The first-order valence-electron chi connectivity index (χ1n) is 4.34. The van der Waals surface area contributed by atoms with Crippen LogP contribution in [0.1, 0.15) is 32.6 Å². The Morgan fingerprint density at radius 1 is 1.50 bits per heavy atom. The quantitative estimate of drug-likeness (QED) is 0.470. The molecule has 0 amide bonds. The van der Waals surface area contributed by atoms with Gasteiger partial charge in [0.25, 0.3) is 0 Å². The Labute approximate surface area is 73.3 Å². The number of hydrogen-bond acceptors (Lipinski definition) is 2. The third-order valence-electron chi connectivity index (χ3n) is 1.69. The van der Waals surface area contributed by atoms with E-state index in [4.69, 9.17) is 10.8 Å². The van der Waals surface area contributed by atoms with Crippen LogP contribution in [0.2, 0.25) is 0 Å². The average molecular weight is 171 g/mol. The normalized spacial score (nSPS) is 11.7. The number of aliphatic carboxylic acids is 1. The summed E-state index contributed by atoms with van der Waals surface area (Å²) >= 11 is 0. The average Bonchev–Trinajstić information content (AvgIpc) is 2.04. The van der Waals surface area contributed by atoms with Crippen LogP contribution >= 0.6 is 0 Å². The second kappa shape index (κ2) is 6.85. The van der Waals surface area contributed by atoms with Crippen molar-refractivity contribution in [2.45, 2.75) is 32.6 Å². The highest BCUT2D eigenvalue weighted by Crippen LogP contribution is 2.02. The molecular weight excluding hydrogens is 154 g/mol. The van der Waals surface area contributed by atoms with E-state index in [1.165, 1.54) is 0 Å². The summed E-state index contributed by atoms with van der Waals surface area (Å²) in [5.41, 5.74) is 5.56. The molecule has 12 heavy (non-hydrogen) atoms. The van der Waals surface area contributed by atoms with E-state index in [2.05, 4.69) is 6.92 Å². The molecule has 3 nitrogen and oxygen atoms in total. The summed E-state index contributed by atoms with van der Waals surface area (Å²) in [6.45, 7) is 2.24. The predicted molar refractivity (Wildman–Crippen MR) is 48.9 cm³/mol. The van der Waals surface area contributed by atoms with Gasteiger partial charge in [-0.25, -0.2) is 4.79 Å². The zero-order valence-corrected chi connectivity index (χ0v) is 7.55. The monoisotopic (exact) mass is 171 g/mol. The Kier molecular flexibility index (Phi) is 6.38. The molecule has 3 heteroatoms. The zero-order chi connectivity index (χ0) is 9.40. The lowest BCUT2D eigenvalue weighted by molar-refractivity contribution is -0.132. The van der Waals surface area contributed by atoms with E-state index >= 15 is 0 Å². The second-order valence-electron chi connectivity index (χ2n) is 2.73. The lowest BCUT2D eigenvalue weighted by atomic mass is 10.1. The van der Waals surface area contributed by atoms with Crippen molar-refractivity contribution in [2.75, 3.05) is 6.54 Å². The van der Waals surface area contributed by atoms with E-state index in [0.717, 1.165) is 25.7 Å². The molecule has 0 bridgehead atoms. The fourth-order valence-corrected chi connectivity index (χ4v) is 0.929. The van der Waals surface area contributed by atoms with Gasteiger partial charge in [0.1, 0.15) is 0 Å². The van der Waals surface area contributed by atoms with Gasteiger partial charge in [-0.3, -0.25) is 0 Å². The molecule has 0 aromatic rings. The molecule has 0 heterocycles. The Balaban J connectivity index is 3.71. The molecule has 70 valence electrons. The molecule has 0 fully saturated rings. The molecule has 0 saturated heterocycles. The summed E-state index contributed by atoms with van der Waals surface area (Å²) in [5.74, 6) is -0.894. The summed E-state index contributed by atoms with van der Waals surface area (Å²) in [7, 11) is 0. The third-order valence-corrected chi connectivity index (χ3v) is 1.69. The van der Waals surface area contributed by atoms with E-state index in [1.807, 2.05) is 0 Å². The zero-order valence-electron chi connectivity index (χ0n) is 7.55. The summed E-state index contributed by atoms with van der Waals surface area (Å²) in [4.78, 5) is 10.4. The van der Waals surface area contributed by atoms with Crippen molar-refractivity contribution < 1.29 is 9.90 Å². The van der Waals surface area contributed by atoms with Gasteiger partial charge in [-0.15, -0.1) is 0 Å². The number of carboxylic acids is 1.